The Morgan fingerprint density at radius 3 is 2.42 bits per heavy atom. The zero-order valence-electron chi connectivity index (χ0n) is 16.6. The van der Waals surface area contributed by atoms with Crippen molar-refractivity contribution in [2.24, 2.45) is 0 Å². The summed E-state index contributed by atoms with van der Waals surface area (Å²) < 4.78 is 2.00. The van der Waals surface area contributed by atoms with Gasteiger partial charge in [-0.3, -0.25) is 10.1 Å². The highest BCUT2D eigenvalue weighted by molar-refractivity contribution is 7.18. The minimum atomic E-state index is -0.351. The summed E-state index contributed by atoms with van der Waals surface area (Å²) in [6.07, 6.45) is 5.46. The Kier molecular flexibility index (Phi) is 6.39. The lowest BCUT2D eigenvalue weighted by Gasteiger charge is -2.07. The number of rotatable bonds is 7. The molecule has 2 heterocycles. The van der Waals surface area contributed by atoms with E-state index in [9.17, 15) is 9.59 Å². The second-order valence-corrected chi connectivity index (χ2v) is 7.93. The van der Waals surface area contributed by atoms with Crippen LogP contribution in [-0.4, -0.2) is 21.5 Å². The summed E-state index contributed by atoms with van der Waals surface area (Å²) in [6, 6.07) is 20.3. The number of carbonyl (C=O) groups is 2. The SMILES string of the molecule is O=C(Nc1ccccc1)Nc1ccc(C(=O)NCc2ccc(Cn3ccnc3)cc2)s1. The van der Waals surface area contributed by atoms with E-state index in [2.05, 4.69) is 20.9 Å². The Hall–Kier alpha value is -3.91. The van der Waals surface area contributed by atoms with Gasteiger partial charge in [0.1, 0.15) is 0 Å². The number of thiophene rings is 1. The molecule has 0 fully saturated rings. The number of benzene rings is 2. The van der Waals surface area contributed by atoms with Gasteiger partial charge in [0, 0.05) is 31.2 Å². The first-order valence-electron chi connectivity index (χ1n) is 9.70. The van der Waals surface area contributed by atoms with E-state index in [0.29, 0.717) is 22.1 Å². The second kappa shape index (κ2) is 9.73. The predicted molar refractivity (Wildman–Crippen MR) is 122 cm³/mol. The Labute approximate surface area is 183 Å². The third kappa shape index (κ3) is 5.80. The molecule has 0 unspecified atom stereocenters. The lowest BCUT2D eigenvalue weighted by atomic mass is 10.1. The number of anilines is 2. The van der Waals surface area contributed by atoms with E-state index in [1.165, 1.54) is 11.3 Å². The predicted octanol–water partition coefficient (Wildman–Crippen LogP) is 4.57. The lowest BCUT2D eigenvalue weighted by molar-refractivity contribution is 0.0955. The number of carbonyl (C=O) groups excluding carboxylic acids is 2. The van der Waals surface area contributed by atoms with Crippen LogP contribution in [0.1, 0.15) is 20.8 Å². The molecule has 0 bridgehead atoms. The molecule has 0 saturated carbocycles. The van der Waals surface area contributed by atoms with Crippen LogP contribution in [0.4, 0.5) is 15.5 Å². The van der Waals surface area contributed by atoms with Crippen LogP contribution in [0, 0.1) is 0 Å². The van der Waals surface area contributed by atoms with Gasteiger partial charge >= 0.3 is 6.03 Å². The molecule has 0 radical (unpaired) electrons. The highest BCUT2D eigenvalue weighted by Crippen LogP contribution is 2.22. The summed E-state index contributed by atoms with van der Waals surface area (Å²) in [5, 5.41) is 9.00. The first kappa shape index (κ1) is 20.4. The zero-order chi connectivity index (χ0) is 21.5. The maximum atomic E-state index is 12.4. The van der Waals surface area contributed by atoms with Crippen LogP contribution < -0.4 is 16.0 Å². The molecule has 4 rings (SSSR count). The fraction of sp³-hybridized carbons (Fsp3) is 0.0870. The molecule has 2 aromatic heterocycles. The molecular formula is C23H21N5O2S. The number of urea groups is 1. The van der Waals surface area contributed by atoms with Gasteiger partial charge in [0.25, 0.3) is 5.91 Å². The minimum absolute atomic E-state index is 0.177. The molecule has 0 aliphatic rings. The monoisotopic (exact) mass is 431 g/mol. The minimum Gasteiger partial charge on any atom is -0.347 e. The van der Waals surface area contributed by atoms with Crippen molar-refractivity contribution in [2.75, 3.05) is 10.6 Å². The van der Waals surface area contributed by atoms with E-state index >= 15 is 0 Å². The Morgan fingerprint density at radius 2 is 1.68 bits per heavy atom. The maximum Gasteiger partial charge on any atom is 0.324 e. The smallest absolute Gasteiger partial charge is 0.324 e. The van der Waals surface area contributed by atoms with Crippen LogP contribution >= 0.6 is 11.3 Å². The molecule has 0 aliphatic carbocycles. The molecule has 0 aliphatic heterocycles. The summed E-state index contributed by atoms with van der Waals surface area (Å²) in [5.41, 5.74) is 2.88. The number of nitrogens with one attached hydrogen (secondary N) is 3. The Balaban J connectivity index is 1.26. The van der Waals surface area contributed by atoms with Crippen LogP contribution in [0.15, 0.2) is 85.5 Å². The first-order chi connectivity index (χ1) is 15.2. The van der Waals surface area contributed by atoms with Gasteiger partial charge in [0.2, 0.25) is 0 Å². The van der Waals surface area contributed by atoms with Crippen LogP contribution in [-0.2, 0) is 13.1 Å². The van der Waals surface area contributed by atoms with Crippen molar-refractivity contribution in [3.05, 3.63) is 101 Å². The fourth-order valence-corrected chi connectivity index (χ4v) is 3.76. The van der Waals surface area contributed by atoms with Gasteiger partial charge in [-0.25, -0.2) is 9.78 Å². The topological polar surface area (TPSA) is 88.0 Å². The van der Waals surface area contributed by atoms with E-state index in [1.54, 1.807) is 36.8 Å². The number of hydrogen-bond acceptors (Lipinski definition) is 4. The normalized spacial score (nSPS) is 10.5. The van der Waals surface area contributed by atoms with Crippen molar-refractivity contribution in [2.45, 2.75) is 13.1 Å². The largest absolute Gasteiger partial charge is 0.347 e. The molecule has 0 spiro atoms. The number of hydrogen-bond donors (Lipinski definition) is 3. The van der Waals surface area contributed by atoms with E-state index in [1.807, 2.05) is 53.2 Å². The number of aromatic nitrogens is 2. The number of nitrogens with zero attached hydrogens (tertiary/aromatic N) is 2. The van der Waals surface area contributed by atoms with Crippen molar-refractivity contribution < 1.29 is 9.59 Å². The number of para-hydroxylation sites is 1. The van der Waals surface area contributed by atoms with Crippen molar-refractivity contribution in [3.63, 3.8) is 0 Å². The highest BCUT2D eigenvalue weighted by atomic mass is 32.1. The zero-order valence-corrected chi connectivity index (χ0v) is 17.4. The molecular weight excluding hydrogens is 410 g/mol. The first-order valence-corrected chi connectivity index (χ1v) is 10.5. The van der Waals surface area contributed by atoms with E-state index in [-0.39, 0.29) is 11.9 Å². The molecule has 0 atom stereocenters. The third-order valence-electron chi connectivity index (χ3n) is 4.50. The summed E-state index contributed by atoms with van der Waals surface area (Å²) in [6.45, 7) is 1.19. The molecule has 4 aromatic rings. The molecule has 3 N–H and O–H groups in total. The average Bonchev–Trinajstić information content (AvgIpc) is 3.46. The van der Waals surface area contributed by atoms with Crippen LogP contribution in [0.2, 0.25) is 0 Å². The molecule has 7 nitrogen and oxygen atoms in total. The van der Waals surface area contributed by atoms with Crippen molar-refractivity contribution in [1.29, 1.82) is 0 Å². The average molecular weight is 432 g/mol. The highest BCUT2D eigenvalue weighted by Gasteiger charge is 2.11. The van der Waals surface area contributed by atoms with Gasteiger partial charge in [-0.05, 0) is 35.4 Å². The lowest BCUT2D eigenvalue weighted by Crippen LogP contribution is -2.21. The Morgan fingerprint density at radius 1 is 0.903 bits per heavy atom. The van der Waals surface area contributed by atoms with Crippen LogP contribution in [0.5, 0.6) is 0 Å². The van der Waals surface area contributed by atoms with Gasteiger partial charge < -0.3 is 15.2 Å². The molecule has 8 heteroatoms. The van der Waals surface area contributed by atoms with Crippen LogP contribution in [0.3, 0.4) is 0 Å². The molecule has 3 amide bonds. The Bertz CT molecular complexity index is 1140. The van der Waals surface area contributed by atoms with Crippen molar-refractivity contribution in [3.8, 4) is 0 Å². The second-order valence-electron chi connectivity index (χ2n) is 6.84. The van der Waals surface area contributed by atoms with Crippen molar-refractivity contribution in [1.82, 2.24) is 14.9 Å². The standard InChI is InChI=1S/C23H21N5O2S/c29-22(25-14-17-6-8-18(9-7-17)15-28-13-12-24-16-28)20-10-11-21(31-20)27-23(30)26-19-4-2-1-3-5-19/h1-13,16H,14-15H2,(H,25,29)(H2,26,27,30). The summed E-state index contributed by atoms with van der Waals surface area (Å²) >= 11 is 1.23. The molecule has 31 heavy (non-hydrogen) atoms. The van der Waals surface area contributed by atoms with E-state index in [0.717, 1.165) is 17.7 Å². The van der Waals surface area contributed by atoms with E-state index < -0.39 is 0 Å². The van der Waals surface area contributed by atoms with E-state index in [4.69, 9.17) is 0 Å². The van der Waals surface area contributed by atoms with Gasteiger partial charge in [0.15, 0.2) is 0 Å². The quantitative estimate of drug-likeness (QED) is 0.401. The summed E-state index contributed by atoms with van der Waals surface area (Å²) in [7, 11) is 0. The number of amides is 3. The third-order valence-corrected chi connectivity index (χ3v) is 5.50. The molecule has 156 valence electrons. The van der Waals surface area contributed by atoms with Gasteiger partial charge in [-0.15, -0.1) is 11.3 Å². The number of imidazole rings is 1. The summed E-state index contributed by atoms with van der Waals surface area (Å²) in [4.78, 5) is 29.1. The molecule has 2 aromatic carbocycles. The van der Waals surface area contributed by atoms with Gasteiger partial charge in [-0.2, -0.15) is 0 Å². The maximum absolute atomic E-state index is 12.4. The summed E-state index contributed by atoms with van der Waals surface area (Å²) in [5.74, 6) is -0.177. The fourth-order valence-electron chi connectivity index (χ4n) is 2.95. The van der Waals surface area contributed by atoms with Gasteiger partial charge in [0.05, 0.1) is 16.2 Å². The van der Waals surface area contributed by atoms with Crippen molar-refractivity contribution >= 4 is 34.0 Å². The van der Waals surface area contributed by atoms with Gasteiger partial charge in [-0.1, -0.05) is 42.5 Å². The van der Waals surface area contributed by atoms with Crippen LogP contribution in [0.25, 0.3) is 0 Å². The molecule has 0 saturated heterocycles.